The van der Waals surface area contributed by atoms with Crippen molar-refractivity contribution in [2.75, 3.05) is 5.73 Å². The molecule has 0 amide bonds. The Morgan fingerprint density at radius 3 is 2.53 bits per heavy atom. The third kappa shape index (κ3) is 3.25. The van der Waals surface area contributed by atoms with E-state index in [0.717, 1.165) is 16.3 Å². The lowest BCUT2D eigenvalue weighted by Gasteiger charge is -2.20. The minimum Gasteiger partial charge on any atom is -0.460 e. The van der Waals surface area contributed by atoms with Crippen LogP contribution in [0.4, 0.5) is 5.69 Å². The van der Waals surface area contributed by atoms with Gasteiger partial charge < -0.3 is 10.5 Å². The van der Waals surface area contributed by atoms with E-state index in [1.165, 1.54) is 0 Å². The van der Waals surface area contributed by atoms with E-state index in [0.29, 0.717) is 5.69 Å². The molecule has 100 valence electrons. The van der Waals surface area contributed by atoms with Gasteiger partial charge in [-0.05, 0) is 43.2 Å². The summed E-state index contributed by atoms with van der Waals surface area (Å²) in [6.45, 7) is 5.58. The van der Waals surface area contributed by atoms with Crippen LogP contribution >= 0.6 is 0 Å². The first-order chi connectivity index (χ1) is 8.87. The summed E-state index contributed by atoms with van der Waals surface area (Å²) in [5, 5.41) is 2.09. The van der Waals surface area contributed by atoms with Crippen molar-refractivity contribution < 1.29 is 9.53 Å². The normalized spacial score (nSPS) is 11.5. The molecule has 19 heavy (non-hydrogen) atoms. The van der Waals surface area contributed by atoms with Gasteiger partial charge in [-0.1, -0.05) is 30.3 Å². The van der Waals surface area contributed by atoms with E-state index in [-0.39, 0.29) is 12.4 Å². The highest BCUT2D eigenvalue weighted by Gasteiger charge is 2.18. The lowest BCUT2D eigenvalue weighted by molar-refractivity contribution is -0.153. The Hall–Kier alpha value is -2.03. The zero-order chi connectivity index (χ0) is 14.0. The number of nitrogen functional groups attached to an aromatic ring is 1. The van der Waals surface area contributed by atoms with E-state index in [1.54, 1.807) is 0 Å². The summed E-state index contributed by atoms with van der Waals surface area (Å²) in [4.78, 5) is 11.9. The Balaban J connectivity index is 2.34. The zero-order valence-corrected chi connectivity index (χ0v) is 11.6. The molecule has 0 aliphatic rings. The maximum absolute atomic E-state index is 11.9. The van der Waals surface area contributed by atoms with E-state index >= 15 is 0 Å². The molecule has 0 unspecified atom stereocenters. The number of carbonyl (C=O) groups is 1. The summed E-state index contributed by atoms with van der Waals surface area (Å²) in [5.74, 6) is -0.254. The molecule has 0 saturated carbocycles. The predicted molar refractivity (Wildman–Crippen MR) is 77.9 cm³/mol. The van der Waals surface area contributed by atoms with Crippen LogP contribution in [-0.4, -0.2) is 11.6 Å². The lowest BCUT2D eigenvalue weighted by atomic mass is 10.0. The molecule has 0 fully saturated rings. The maximum Gasteiger partial charge on any atom is 0.310 e. The van der Waals surface area contributed by atoms with Crippen molar-refractivity contribution in [2.24, 2.45) is 0 Å². The average molecular weight is 257 g/mol. The minimum atomic E-state index is -0.476. The molecule has 0 aromatic heterocycles. The van der Waals surface area contributed by atoms with Crippen molar-refractivity contribution in [2.45, 2.75) is 32.8 Å². The molecule has 0 aliphatic carbocycles. The highest BCUT2D eigenvalue weighted by Crippen LogP contribution is 2.25. The van der Waals surface area contributed by atoms with Gasteiger partial charge in [0.05, 0.1) is 6.42 Å². The number of hydrogen-bond acceptors (Lipinski definition) is 3. The molecule has 2 rings (SSSR count). The van der Waals surface area contributed by atoms with Crippen LogP contribution in [-0.2, 0) is 16.0 Å². The number of fused-ring (bicyclic) bond motifs is 1. The second-order valence-corrected chi connectivity index (χ2v) is 5.62. The monoisotopic (exact) mass is 257 g/mol. The highest BCUT2D eigenvalue weighted by molar-refractivity contribution is 5.93. The summed E-state index contributed by atoms with van der Waals surface area (Å²) < 4.78 is 5.35. The van der Waals surface area contributed by atoms with Crippen molar-refractivity contribution in [3.63, 3.8) is 0 Å². The van der Waals surface area contributed by atoms with Crippen molar-refractivity contribution in [1.82, 2.24) is 0 Å². The molecule has 0 spiro atoms. The fraction of sp³-hybridized carbons (Fsp3) is 0.312. The Kier molecular flexibility index (Phi) is 3.47. The number of carbonyl (C=O) groups excluding carboxylic acids is 1. The summed E-state index contributed by atoms with van der Waals surface area (Å²) in [6, 6.07) is 11.7. The summed E-state index contributed by atoms with van der Waals surface area (Å²) in [6.07, 6.45) is 0.199. The first-order valence-electron chi connectivity index (χ1n) is 6.35. The fourth-order valence-corrected chi connectivity index (χ4v) is 2.07. The number of esters is 1. The fourth-order valence-electron chi connectivity index (χ4n) is 2.07. The molecule has 2 aromatic carbocycles. The summed E-state index contributed by atoms with van der Waals surface area (Å²) in [5.41, 5.74) is 6.98. The lowest BCUT2D eigenvalue weighted by Crippen LogP contribution is -2.25. The van der Waals surface area contributed by atoms with E-state index < -0.39 is 5.60 Å². The molecule has 2 N–H and O–H groups in total. The Morgan fingerprint density at radius 1 is 1.16 bits per heavy atom. The van der Waals surface area contributed by atoms with Crippen LogP contribution in [0.3, 0.4) is 0 Å². The predicted octanol–water partition coefficient (Wildman–Crippen LogP) is 3.31. The van der Waals surface area contributed by atoms with Crippen molar-refractivity contribution in [1.29, 1.82) is 0 Å². The van der Waals surface area contributed by atoms with E-state index in [1.807, 2.05) is 57.2 Å². The average Bonchev–Trinajstić information content (AvgIpc) is 2.31. The third-order valence-corrected chi connectivity index (χ3v) is 2.82. The Morgan fingerprint density at radius 2 is 1.84 bits per heavy atom. The third-order valence-electron chi connectivity index (χ3n) is 2.82. The smallest absolute Gasteiger partial charge is 0.310 e. The van der Waals surface area contributed by atoms with Gasteiger partial charge in [0.25, 0.3) is 0 Å². The topological polar surface area (TPSA) is 52.3 Å². The molecule has 3 heteroatoms. The first-order valence-corrected chi connectivity index (χ1v) is 6.35. The van der Waals surface area contributed by atoms with E-state index in [2.05, 4.69) is 0 Å². The second-order valence-electron chi connectivity index (χ2n) is 5.62. The van der Waals surface area contributed by atoms with Gasteiger partial charge in [-0.3, -0.25) is 4.79 Å². The number of nitrogens with two attached hydrogens (primary N) is 1. The van der Waals surface area contributed by atoms with Crippen LogP contribution in [0.25, 0.3) is 10.8 Å². The molecule has 0 radical (unpaired) electrons. The van der Waals surface area contributed by atoms with Crippen molar-refractivity contribution in [3.8, 4) is 0 Å². The number of rotatable bonds is 2. The van der Waals surface area contributed by atoms with E-state index in [4.69, 9.17) is 10.5 Å². The molecular weight excluding hydrogens is 238 g/mol. The highest BCUT2D eigenvalue weighted by atomic mass is 16.6. The molecule has 0 heterocycles. The molecule has 0 bridgehead atoms. The van der Waals surface area contributed by atoms with Crippen LogP contribution < -0.4 is 5.73 Å². The van der Waals surface area contributed by atoms with Crippen LogP contribution in [0.2, 0.25) is 0 Å². The van der Waals surface area contributed by atoms with Crippen LogP contribution in [0.15, 0.2) is 36.4 Å². The van der Waals surface area contributed by atoms with Gasteiger partial charge in [0, 0.05) is 5.69 Å². The van der Waals surface area contributed by atoms with E-state index in [9.17, 15) is 4.79 Å². The summed E-state index contributed by atoms with van der Waals surface area (Å²) >= 11 is 0. The van der Waals surface area contributed by atoms with Gasteiger partial charge in [-0.2, -0.15) is 0 Å². The van der Waals surface area contributed by atoms with Gasteiger partial charge in [-0.15, -0.1) is 0 Å². The van der Waals surface area contributed by atoms with Gasteiger partial charge in [0.15, 0.2) is 0 Å². The second kappa shape index (κ2) is 4.92. The number of ether oxygens (including phenoxy) is 1. The zero-order valence-electron chi connectivity index (χ0n) is 11.6. The summed E-state index contributed by atoms with van der Waals surface area (Å²) in [7, 11) is 0. The Bertz CT molecular complexity index is 612. The number of benzene rings is 2. The number of hydrogen-bond donors (Lipinski definition) is 1. The molecule has 0 saturated heterocycles. The molecule has 0 aliphatic heterocycles. The largest absolute Gasteiger partial charge is 0.460 e. The van der Waals surface area contributed by atoms with Crippen molar-refractivity contribution >= 4 is 22.4 Å². The minimum absolute atomic E-state index is 0.199. The van der Waals surface area contributed by atoms with Crippen LogP contribution in [0.1, 0.15) is 26.3 Å². The SMILES string of the molecule is CC(C)(C)OC(=O)Cc1c(N)ccc2ccccc12. The van der Waals surface area contributed by atoms with Crippen LogP contribution in [0.5, 0.6) is 0 Å². The molecular formula is C16H19NO2. The first kappa shape index (κ1) is 13.4. The van der Waals surface area contributed by atoms with Gasteiger partial charge >= 0.3 is 5.97 Å². The standard InChI is InChI=1S/C16H19NO2/c1-16(2,3)19-15(18)10-13-12-7-5-4-6-11(12)8-9-14(13)17/h4-9H,10,17H2,1-3H3. The van der Waals surface area contributed by atoms with Gasteiger partial charge in [0.1, 0.15) is 5.60 Å². The quantitative estimate of drug-likeness (QED) is 0.663. The molecule has 0 atom stereocenters. The van der Waals surface area contributed by atoms with Crippen LogP contribution in [0, 0.1) is 0 Å². The number of anilines is 1. The molecule has 2 aromatic rings. The van der Waals surface area contributed by atoms with Crippen molar-refractivity contribution in [3.05, 3.63) is 42.0 Å². The maximum atomic E-state index is 11.9. The van der Waals surface area contributed by atoms with Gasteiger partial charge in [0.2, 0.25) is 0 Å². The van der Waals surface area contributed by atoms with Gasteiger partial charge in [-0.25, -0.2) is 0 Å². The Labute approximate surface area is 113 Å². The molecule has 3 nitrogen and oxygen atoms in total.